The number of nitrogens with zero attached hydrogens (tertiary/aromatic N) is 2. The molecule has 4 rings (SSSR count). The molecule has 1 amide bonds. The lowest BCUT2D eigenvalue weighted by Crippen LogP contribution is -2.37. The average molecular weight is 435 g/mol. The lowest BCUT2D eigenvalue weighted by molar-refractivity contribution is -0.140. The van der Waals surface area contributed by atoms with Crippen LogP contribution in [0, 0.1) is 0 Å². The molecule has 6 heteroatoms. The van der Waals surface area contributed by atoms with Crippen LogP contribution >= 0.6 is 11.3 Å². The Labute approximate surface area is 186 Å². The molecule has 1 aromatic heterocycles. The van der Waals surface area contributed by atoms with Gasteiger partial charge >= 0.3 is 0 Å². The fourth-order valence-corrected chi connectivity index (χ4v) is 4.98. The Kier molecular flexibility index (Phi) is 6.20. The highest BCUT2D eigenvalue weighted by Gasteiger charge is 2.46. The van der Waals surface area contributed by atoms with Crippen molar-refractivity contribution >= 4 is 39.6 Å². The van der Waals surface area contributed by atoms with Crippen molar-refractivity contribution in [1.29, 1.82) is 0 Å². The number of ketones is 1. The van der Waals surface area contributed by atoms with Crippen LogP contribution in [0.2, 0.25) is 0 Å². The third-order valence-corrected chi connectivity index (χ3v) is 6.85. The fourth-order valence-electron chi connectivity index (χ4n) is 4.13. The highest BCUT2D eigenvalue weighted by molar-refractivity contribution is 7.10. The molecule has 3 aromatic rings. The lowest BCUT2D eigenvalue weighted by Gasteiger charge is -2.27. The summed E-state index contributed by atoms with van der Waals surface area (Å²) in [5.74, 6) is -1.29. The molecule has 1 aliphatic heterocycles. The van der Waals surface area contributed by atoms with Crippen molar-refractivity contribution in [2.24, 2.45) is 0 Å². The van der Waals surface area contributed by atoms with Gasteiger partial charge in [-0.1, -0.05) is 56.3 Å². The minimum absolute atomic E-state index is 0.118. The van der Waals surface area contributed by atoms with Crippen molar-refractivity contribution in [3.8, 4) is 0 Å². The summed E-state index contributed by atoms with van der Waals surface area (Å²) in [6.45, 7) is 7.02. The average Bonchev–Trinajstić information content (AvgIpc) is 3.41. The normalized spacial score (nSPS) is 18.4. The monoisotopic (exact) mass is 434 g/mol. The first-order valence-electron chi connectivity index (χ1n) is 10.6. The van der Waals surface area contributed by atoms with E-state index >= 15 is 0 Å². The first-order chi connectivity index (χ1) is 15.0. The van der Waals surface area contributed by atoms with Gasteiger partial charge in [0, 0.05) is 23.5 Å². The second kappa shape index (κ2) is 9.04. The molecule has 5 nitrogen and oxygen atoms in total. The topological polar surface area (TPSA) is 60.9 Å². The third kappa shape index (κ3) is 4.01. The van der Waals surface area contributed by atoms with Crippen molar-refractivity contribution in [3.63, 3.8) is 0 Å². The molecule has 1 N–H and O–H groups in total. The predicted molar refractivity (Wildman–Crippen MR) is 125 cm³/mol. The summed E-state index contributed by atoms with van der Waals surface area (Å²) in [7, 11) is 0. The predicted octanol–water partition coefficient (Wildman–Crippen LogP) is 4.66. The zero-order valence-electron chi connectivity index (χ0n) is 17.7. The number of hydrogen-bond donors (Lipinski definition) is 1. The third-order valence-electron chi connectivity index (χ3n) is 5.93. The van der Waals surface area contributed by atoms with E-state index in [1.54, 1.807) is 11.0 Å². The number of aliphatic hydroxyl groups is 1. The van der Waals surface area contributed by atoms with Crippen molar-refractivity contribution < 1.29 is 14.7 Å². The lowest BCUT2D eigenvalue weighted by atomic mass is 9.98. The first-order valence-corrected chi connectivity index (χ1v) is 11.5. The number of aliphatic hydroxyl groups excluding tert-OH is 1. The fraction of sp³-hybridized carbons (Fsp3) is 0.280. The Morgan fingerprint density at radius 3 is 2.45 bits per heavy atom. The summed E-state index contributed by atoms with van der Waals surface area (Å²) < 4.78 is 0. The number of amides is 1. The van der Waals surface area contributed by atoms with Crippen LogP contribution in [0.5, 0.6) is 0 Å². The van der Waals surface area contributed by atoms with Gasteiger partial charge in [0.2, 0.25) is 0 Å². The molecular weight excluding hydrogens is 408 g/mol. The number of carbonyl (C=O) groups is 2. The van der Waals surface area contributed by atoms with Crippen molar-refractivity contribution in [3.05, 3.63) is 76.0 Å². The molecule has 0 radical (unpaired) electrons. The molecule has 0 saturated carbocycles. The first kappa shape index (κ1) is 21.3. The standard InChI is InChI=1S/C25H26N2O3S/c1-3-26(4-2)13-14-27-22(20-10-7-15-31-20)21(24(29)25(27)30)23(28)19-12-11-17-8-5-6-9-18(17)16-19/h5-12,15-16,22,28H,3-4,13-14H2,1-2H3/b23-21-. The van der Waals surface area contributed by atoms with Gasteiger partial charge in [-0.3, -0.25) is 9.59 Å². The van der Waals surface area contributed by atoms with Gasteiger partial charge in [-0.05, 0) is 41.4 Å². The van der Waals surface area contributed by atoms with Crippen LogP contribution in [0.25, 0.3) is 16.5 Å². The van der Waals surface area contributed by atoms with Crippen molar-refractivity contribution in [2.45, 2.75) is 19.9 Å². The van der Waals surface area contributed by atoms with E-state index in [1.807, 2.05) is 53.9 Å². The van der Waals surface area contributed by atoms with Crippen LogP contribution in [0.1, 0.15) is 30.3 Å². The maximum Gasteiger partial charge on any atom is 0.295 e. The van der Waals surface area contributed by atoms with Crippen LogP contribution in [-0.4, -0.2) is 52.8 Å². The Hall–Kier alpha value is -2.96. The number of rotatable bonds is 7. The Bertz CT molecular complexity index is 1130. The van der Waals surface area contributed by atoms with Gasteiger partial charge in [0.25, 0.3) is 11.7 Å². The smallest absolute Gasteiger partial charge is 0.295 e. The van der Waals surface area contributed by atoms with Crippen LogP contribution in [0.15, 0.2) is 65.6 Å². The molecule has 31 heavy (non-hydrogen) atoms. The Balaban J connectivity index is 1.78. The van der Waals surface area contributed by atoms with E-state index in [1.165, 1.54) is 11.3 Å². The van der Waals surface area contributed by atoms with Gasteiger partial charge in [-0.25, -0.2) is 0 Å². The van der Waals surface area contributed by atoms with Crippen LogP contribution < -0.4 is 0 Å². The number of likely N-dealkylation sites (tertiary alicyclic amines) is 1. The molecule has 1 atom stereocenters. The van der Waals surface area contributed by atoms with Crippen LogP contribution in [-0.2, 0) is 9.59 Å². The molecule has 0 spiro atoms. The highest BCUT2D eigenvalue weighted by atomic mass is 32.1. The number of fused-ring (bicyclic) bond motifs is 1. The zero-order chi connectivity index (χ0) is 22.0. The van der Waals surface area contributed by atoms with Gasteiger partial charge < -0.3 is 14.9 Å². The van der Waals surface area contributed by atoms with E-state index < -0.39 is 17.7 Å². The Morgan fingerprint density at radius 1 is 1.03 bits per heavy atom. The number of carbonyl (C=O) groups excluding carboxylic acids is 2. The van der Waals surface area contributed by atoms with Gasteiger partial charge in [0.15, 0.2) is 0 Å². The second-order valence-electron chi connectivity index (χ2n) is 7.60. The molecule has 1 fully saturated rings. The van der Waals surface area contributed by atoms with E-state index in [9.17, 15) is 14.7 Å². The van der Waals surface area contributed by atoms with E-state index in [4.69, 9.17) is 0 Å². The SMILES string of the molecule is CCN(CC)CCN1C(=O)C(=O)/C(=C(\O)c2ccc3ccccc3c2)C1c1cccs1. The quantitative estimate of drug-likeness (QED) is 0.334. The number of thiophene rings is 1. The molecule has 0 bridgehead atoms. The van der Waals surface area contributed by atoms with Gasteiger partial charge in [0.1, 0.15) is 5.76 Å². The molecule has 0 aliphatic carbocycles. The van der Waals surface area contributed by atoms with E-state index in [0.29, 0.717) is 18.7 Å². The summed E-state index contributed by atoms with van der Waals surface area (Å²) in [5.41, 5.74) is 0.712. The maximum atomic E-state index is 13.1. The van der Waals surface area contributed by atoms with Gasteiger partial charge in [-0.15, -0.1) is 11.3 Å². The van der Waals surface area contributed by atoms with Crippen LogP contribution in [0.4, 0.5) is 0 Å². The second-order valence-corrected chi connectivity index (χ2v) is 8.58. The molecule has 1 aliphatic rings. The Morgan fingerprint density at radius 2 is 1.77 bits per heavy atom. The zero-order valence-corrected chi connectivity index (χ0v) is 18.6. The summed E-state index contributed by atoms with van der Waals surface area (Å²) >= 11 is 1.49. The van der Waals surface area contributed by atoms with Gasteiger partial charge in [0.05, 0.1) is 11.6 Å². The summed E-state index contributed by atoms with van der Waals surface area (Å²) in [5, 5.41) is 15.1. The number of Topliss-reactive ketones (excluding diaryl/α,β-unsaturated/α-hetero) is 1. The summed E-state index contributed by atoms with van der Waals surface area (Å²) in [4.78, 5) is 30.7. The molecule has 1 saturated heterocycles. The van der Waals surface area contributed by atoms with E-state index in [-0.39, 0.29) is 11.3 Å². The molecule has 160 valence electrons. The molecule has 2 aromatic carbocycles. The molecular formula is C25H26N2O3S. The van der Waals surface area contributed by atoms with Crippen molar-refractivity contribution in [2.75, 3.05) is 26.2 Å². The number of likely N-dealkylation sites (N-methyl/N-ethyl adjacent to an activating group) is 1. The maximum absolute atomic E-state index is 13.1. The summed E-state index contributed by atoms with van der Waals surface area (Å²) in [6, 6.07) is 16.7. The van der Waals surface area contributed by atoms with Crippen molar-refractivity contribution in [1.82, 2.24) is 9.80 Å². The van der Waals surface area contributed by atoms with E-state index in [2.05, 4.69) is 18.7 Å². The number of hydrogen-bond acceptors (Lipinski definition) is 5. The van der Waals surface area contributed by atoms with Gasteiger partial charge in [-0.2, -0.15) is 0 Å². The summed E-state index contributed by atoms with van der Waals surface area (Å²) in [6.07, 6.45) is 0. The minimum atomic E-state index is -0.622. The minimum Gasteiger partial charge on any atom is -0.507 e. The van der Waals surface area contributed by atoms with Crippen LogP contribution in [0.3, 0.4) is 0 Å². The number of benzene rings is 2. The molecule has 2 heterocycles. The largest absolute Gasteiger partial charge is 0.507 e. The molecule has 1 unspecified atom stereocenters. The van der Waals surface area contributed by atoms with E-state index in [0.717, 1.165) is 28.7 Å². The highest BCUT2D eigenvalue weighted by Crippen LogP contribution is 2.41.